The van der Waals surface area contributed by atoms with Gasteiger partial charge in [0.1, 0.15) is 24.4 Å². The molecule has 11 nitrogen and oxygen atoms in total. The predicted octanol–water partition coefficient (Wildman–Crippen LogP) is 17.5. The minimum atomic E-state index is -1.62. The number of allylic oxidation sites excluding steroid dienone is 11. The first-order valence-corrected chi connectivity index (χ1v) is 34.7. The number of carbonyl (C=O) groups is 2. The Labute approximate surface area is 509 Å². The second kappa shape index (κ2) is 59.4. The zero-order valence-electron chi connectivity index (χ0n) is 53.6. The Morgan fingerprint density at radius 1 is 0.470 bits per heavy atom. The van der Waals surface area contributed by atoms with Crippen LogP contribution in [-0.2, 0) is 23.8 Å². The fourth-order valence-corrected chi connectivity index (χ4v) is 10.6. The first kappa shape index (κ1) is 78.1. The number of ether oxygens (including phenoxy) is 3. The number of esters is 1. The molecule has 1 aliphatic rings. The van der Waals surface area contributed by atoms with Crippen LogP contribution in [-0.4, -0.2) is 99.6 Å². The fraction of sp³-hybridized carbons (Fsp3) is 0.806. The Kier molecular flexibility index (Phi) is 55.9. The van der Waals surface area contributed by atoms with Gasteiger partial charge in [0.25, 0.3) is 0 Å². The van der Waals surface area contributed by atoms with Crippen LogP contribution in [0.25, 0.3) is 0 Å². The van der Waals surface area contributed by atoms with Gasteiger partial charge in [0.15, 0.2) is 12.4 Å². The zero-order chi connectivity index (χ0) is 60.3. The van der Waals surface area contributed by atoms with Gasteiger partial charge in [-0.1, -0.05) is 280 Å². The summed E-state index contributed by atoms with van der Waals surface area (Å²) in [7, 11) is 0. The number of carbonyl (C=O) groups excluding carboxylic acids is 2. The second-order valence-electron chi connectivity index (χ2n) is 23.9. The third kappa shape index (κ3) is 46.9. The number of nitrogens with one attached hydrogen (secondary N) is 1. The first-order chi connectivity index (χ1) is 40.7. The highest BCUT2D eigenvalue weighted by Crippen LogP contribution is 2.26. The lowest BCUT2D eigenvalue weighted by Crippen LogP contribution is -2.61. The molecule has 11 heteroatoms. The van der Waals surface area contributed by atoms with E-state index in [9.17, 15) is 35.1 Å². The monoisotopic (exact) mass is 1170 g/mol. The average Bonchev–Trinajstić information content (AvgIpc) is 3.67. The molecule has 1 saturated heterocycles. The molecule has 83 heavy (non-hydrogen) atoms. The van der Waals surface area contributed by atoms with Crippen molar-refractivity contribution in [3.05, 3.63) is 72.9 Å². The van der Waals surface area contributed by atoms with Gasteiger partial charge in [0, 0.05) is 6.42 Å². The highest BCUT2D eigenvalue weighted by molar-refractivity contribution is 5.80. The van der Waals surface area contributed by atoms with Crippen LogP contribution < -0.4 is 5.32 Å². The molecule has 0 radical (unpaired) electrons. The molecule has 0 aromatic rings. The number of hydrogen-bond acceptors (Lipinski definition) is 10. The maximum absolute atomic E-state index is 13.4. The zero-order valence-corrected chi connectivity index (χ0v) is 53.6. The summed E-state index contributed by atoms with van der Waals surface area (Å²) in [6.45, 7) is 5.75. The van der Waals surface area contributed by atoms with E-state index in [1.165, 1.54) is 180 Å². The average molecular weight is 1170 g/mol. The molecule has 6 N–H and O–H groups in total. The van der Waals surface area contributed by atoms with Crippen LogP contribution in [0.1, 0.15) is 310 Å². The van der Waals surface area contributed by atoms with Crippen molar-refractivity contribution in [2.24, 2.45) is 0 Å². The van der Waals surface area contributed by atoms with Gasteiger partial charge in [-0.3, -0.25) is 9.59 Å². The molecule has 0 saturated carbocycles. The summed E-state index contributed by atoms with van der Waals surface area (Å²) in [5.41, 5.74) is 0. The molecule has 1 rings (SSSR count). The second-order valence-corrected chi connectivity index (χ2v) is 23.9. The van der Waals surface area contributed by atoms with Gasteiger partial charge in [-0.15, -0.1) is 0 Å². The van der Waals surface area contributed by atoms with Crippen molar-refractivity contribution in [1.82, 2.24) is 5.32 Å². The smallest absolute Gasteiger partial charge is 0.306 e. The minimum absolute atomic E-state index is 0.120. The molecular weight excluding hydrogens is 1040 g/mol. The number of rotatable bonds is 59. The largest absolute Gasteiger partial charge is 0.454 e. The molecule has 0 aromatic heterocycles. The molecule has 8 unspecified atom stereocenters. The lowest BCUT2D eigenvalue weighted by atomic mass is 9.99. The van der Waals surface area contributed by atoms with Crippen LogP contribution in [0.3, 0.4) is 0 Å². The standard InChI is InChI=1S/C72H129NO10/c1-4-7-10-13-16-19-22-25-27-29-30-31-32-33-34-35-36-37-39-42-45-48-51-54-57-60-67(77)83-70-69(79)68(78)66(61-74)82-72(70)81-62-63(64(75)58-55-52-49-46-43-40-24-21-18-15-12-9-6-3)73-71(80)65(76)59-56-53-50-47-44-41-38-28-26-23-20-17-14-11-8-5-2/h16-17,19-20,25-28,41,44,55,58,63-66,68-70,72,74-76,78-79H,4-15,18,21-24,29-40,42-43,45-54,56-57,59-62H2,1-3H3,(H,73,80)/b19-16-,20-17-,27-25-,28-26-,44-41-,58-55+. The van der Waals surface area contributed by atoms with E-state index in [0.717, 1.165) is 83.5 Å². The molecule has 1 fully saturated rings. The van der Waals surface area contributed by atoms with E-state index >= 15 is 0 Å². The normalized spacial score (nSPS) is 19.0. The number of hydrogen-bond donors (Lipinski definition) is 6. The Bertz CT molecular complexity index is 1630. The van der Waals surface area contributed by atoms with E-state index in [0.29, 0.717) is 12.8 Å². The molecule has 1 amide bonds. The molecule has 0 bridgehead atoms. The van der Waals surface area contributed by atoms with Crippen LogP contribution >= 0.6 is 0 Å². The van der Waals surface area contributed by atoms with E-state index in [1.54, 1.807) is 6.08 Å². The first-order valence-electron chi connectivity index (χ1n) is 34.7. The lowest BCUT2D eigenvalue weighted by molar-refractivity contribution is -0.305. The molecule has 8 atom stereocenters. The minimum Gasteiger partial charge on any atom is -0.454 e. The van der Waals surface area contributed by atoms with Crippen molar-refractivity contribution in [3.8, 4) is 0 Å². The maximum atomic E-state index is 13.4. The van der Waals surface area contributed by atoms with Crippen molar-refractivity contribution in [1.29, 1.82) is 0 Å². The van der Waals surface area contributed by atoms with Gasteiger partial charge in [-0.05, 0) is 96.3 Å². The number of unbranched alkanes of at least 4 members (excludes halogenated alkanes) is 35. The summed E-state index contributed by atoms with van der Waals surface area (Å²) in [6, 6.07) is -1.04. The topological polar surface area (TPSA) is 175 Å². The Hall–Kier alpha value is -2.90. The summed E-state index contributed by atoms with van der Waals surface area (Å²) in [4.78, 5) is 26.6. The van der Waals surface area contributed by atoms with Crippen LogP contribution in [0.2, 0.25) is 0 Å². The van der Waals surface area contributed by atoms with Crippen LogP contribution in [0.15, 0.2) is 72.9 Å². The quantitative estimate of drug-likeness (QED) is 0.0195. The van der Waals surface area contributed by atoms with Gasteiger partial charge >= 0.3 is 5.97 Å². The van der Waals surface area contributed by atoms with E-state index in [1.807, 2.05) is 6.08 Å². The number of aliphatic hydroxyl groups excluding tert-OH is 5. The van der Waals surface area contributed by atoms with Crippen LogP contribution in [0.5, 0.6) is 0 Å². The fourth-order valence-electron chi connectivity index (χ4n) is 10.6. The SMILES string of the molecule is CCCCC/C=C\C/C=C\C/C=C\CCCCCC(O)C(=O)NC(COC1OC(CO)C(O)C(O)C1OC(=O)CCCCCCCCCCCCCCCCC/C=C\C/C=C\CCCCC)C(O)/C=C/CCCCCCCCCCCCC. The van der Waals surface area contributed by atoms with Crippen molar-refractivity contribution in [2.75, 3.05) is 13.2 Å². The third-order valence-electron chi connectivity index (χ3n) is 16.1. The predicted molar refractivity (Wildman–Crippen MR) is 347 cm³/mol. The molecule has 0 aromatic carbocycles. The summed E-state index contributed by atoms with van der Waals surface area (Å²) >= 11 is 0. The Morgan fingerprint density at radius 3 is 1.27 bits per heavy atom. The van der Waals surface area contributed by atoms with E-state index in [2.05, 4.69) is 86.8 Å². The van der Waals surface area contributed by atoms with Crippen molar-refractivity contribution in [3.63, 3.8) is 0 Å². The number of amides is 1. The highest BCUT2D eigenvalue weighted by Gasteiger charge is 2.47. The molecule has 1 heterocycles. The van der Waals surface area contributed by atoms with Gasteiger partial charge < -0.3 is 45.1 Å². The third-order valence-corrected chi connectivity index (χ3v) is 16.1. The van der Waals surface area contributed by atoms with Gasteiger partial charge in [0.2, 0.25) is 5.91 Å². The van der Waals surface area contributed by atoms with Gasteiger partial charge in [0.05, 0.1) is 25.4 Å². The molecule has 0 spiro atoms. The summed E-state index contributed by atoms with van der Waals surface area (Å²) in [5, 5.41) is 57.1. The van der Waals surface area contributed by atoms with Crippen molar-refractivity contribution in [2.45, 2.75) is 359 Å². The molecule has 1 aliphatic heterocycles. The lowest BCUT2D eigenvalue weighted by Gasteiger charge is -2.41. The maximum Gasteiger partial charge on any atom is 0.306 e. The van der Waals surface area contributed by atoms with E-state index < -0.39 is 67.4 Å². The summed E-state index contributed by atoms with van der Waals surface area (Å²) in [6.07, 6.45) is 66.5. The van der Waals surface area contributed by atoms with E-state index in [-0.39, 0.29) is 19.4 Å². The summed E-state index contributed by atoms with van der Waals surface area (Å²) < 4.78 is 17.7. The van der Waals surface area contributed by atoms with Gasteiger partial charge in [-0.25, -0.2) is 0 Å². The van der Waals surface area contributed by atoms with Crippen molar-refractivity contribution >= 4 is 11.9 Å². The highest BCUT2D eigenvalue weighted by atomic mass is 16.7. The van der Waals surface area contributed by atoms with Crippen LogP contribution in [0, 0.1) is 0 Å². The molecular formula is C72H129NO10. The Morgan fingerprint density at radius 2 is 0.831 bits per heavy atom. The van der Waals surface area contributed by atoms with E-state index in [4.69, 9.17) is 14.2 Å². The van der Waals surface area contributed by atoms with Crippen molar-refractivity contribution < 1.29 is 49.3 Å². The molecule has 0 aliphatic carbocycles. The number of aliphatic hydroxyl groups is 5. The van der Waals surface area contributed by atoms with Crippen LogP contribution in [0.4, 0.5) is 0 Å². The summed E-state index contributed by atoms with van der Waals surface area (Å²) in [5.74, 6) is -1.21. The Balaban J connectivity index is 2.59. The molecule has 482 valence electrons. The van der Waals surface area contributed by atoms with Gasteiger partial charge in [-0.2, -0.15) is 0 Å².